The van der Waals surface area contributed by atoms with Crippen molar-refractivity contribution in [3.8, 4) is 0 Å². The Morgan fingerprint density at radius 2 is 1.95 bits per heavy atom. The van der Waals surface area contributed by atoms with Gasteiger partial charge in [0.25, 0.3) is 0 Å². The first kappa shape index (κ1) is 14.9. The average Bonchev–Trinajstić information content (AvgIpc) is 3.23. The van der Waals surface area contributed by atoms with Crippen molar-refractivity contribution >= 4 is 17.3 Å². The number of rotatable bonds is 7. The van der Waals surface area contributed by atoms with Crippen LogP contribution in [0.4, 0.5) is 11.4 Å². The van der Waals surface area contributed by atoms with Gasteiger partial charge in [0.15, 0.2) is 0 Å². The van der Waals surface area contributed by atoms with Gasteiger partial charge >= 0.3 is 0 Å². The molecule has 1 saturated carbocycles. The largest absolute Gasteiger partial charge is 0.369 e. The Labute approximate surface area is 121 Å². The van der Waals surface area contributed by atoms with Crippen LogP contribution in [0.25, 0.3) is 0 Å². The Hall–Kier alpha value is -1.55. The van der Waals surface area contributed by atoms with Crippen LogP contribution in [0.15, 0.2) is 24.3 Å². The molecule has 0 saturated heterocycles. The number of hydrogen-bond acceptors (Lipinski definition) is 3. The Morgan fingerprint density at radius 3 is 2.45 bits per heavy atom. The number of carbonyl (C=O) groups excluding carboxylic acids is 1. The van der Waals surface area contributed by atoms with Crippen LogP contribution in [0.1, 0.15) is 33.6 Å². The number of benzene rings is 1. The molecule has 4 heteroatoms. The molecule has 20 heavy (non-hydrogen) atoms. The number of anilines is 2. The molecule has 0 bridgehead atoms. The van der Waals surface area contributed by atoms with E-state index in [4.69, 9.17) is 0 Å². The highest BCUT2D eigenvalue weighted by Crippen LogP contribution is 2.20. The molecule has 2 N–H and O–H groups in total. The summed E-state index contributed by atoms with van der Waals surface area (Å²) in [5.74, 6) is 0.0286. The van der Waals surface area contributed by atoms with Gasteiger partial charge in [0.1, 0.15) is 0 Å². The molecule has 0 aliphatic heterocycles. The van der Waals surface area contributed by atoms with E-state index in [1.54, 1.807) is 0 Å². The summed E-state index contributed by atoms with van der Waals surface area (Å²) >= 11 is 0. The van der Waals surface area contributed by atoms with Crippen molar-refractivity contribution in [2.75, 3.05) is 23.3 Å². The highest BCUT2D eigenvalue weighted by molar-refractivity contribution is 5.92. The van der Waals surface area contributed by atoms with Gasteiger partial charge in [0.2, 0.25) is 5.91 Å². The highest BCUT2D eigenvalue weighted by Gasteiger charge is 2.21. The third kappa shape index (κ3) is 4.23. The second kappa shape index (κ2) is 6.75. The van der Waals surface area contributed by atoms with E-state index in [9.17, 15) is 4.79 Å². The molecule has 4 nitrogen and oxygen atoms in total. The van der Waals surface area contributed by atoms with Crippen molar-refractivity contribution in [3.05, 3.63) is 24.3 Å². The second-order valence-corrected chi connectivity index (χ2v) is 5.63. The third-order valence-corrected chi connectivity index (χ3v) is 3.58. The first-order chi connectivity index (χ1) is 9.60. The minimum atomic E-state index is 0.0286. The Bertz CT molecular complexity index is 438. The van der Waals surface area contributed by atoms with Gasteiger partial charge in [-0.3, -0.25) is 4.79 Å². The minimum absolute atomic E-state index is 0.0286. The van der Waals surface area contributed by atoms with E-state index in [0.717, 1.165) is 12.2 Å². The fraction of sp³-hybridized carbons (Fsp3) is 0.562. The molecule has 0 aromatic heterocycles. The van der Waals surface area contributed by atoms with Crippen LogP contribution < -0.4 is 15.5 Å². The van der Waals surface area contributed by atoms with E-state index >= 15 is 0 Å². The normalized spacial score (nSPS) is 14.4. The van der Waals surface area contributed by atoms with Crippen molar-refractivity contribution < 1.29 is 4.79 Å². The van der Waals surface area contributed by atoms with Gasteiger partial charge in [-0.25, -0.2) is 0 Å². The molecule has 1 aromatic carbocycles. The van der Waals surface area contributed by atoms with Crippen LogP contribution in [-0.4, -0.2) is 31.1 Å². The minimum Gasteiger partial charge on any atom is -0.369 e. The zero-order valence-electron chi connectivity index (χ0n) is 12.6. The predicted molar refractivity (Wildman–Crippen MR) is 84.3 cm³/mol. The van der Waals surface area contributed by atoms with Crippen molar-refractivity contribution in [2.24, 2.45) is 0 Å². The molecular formula is C16H25N3O. The van der Waals surface area contributed by atoms with Gasteiger partial charge in [-0.1, -0.05) is 0 Å². The van der Waals surface area contributed by atoms with E-state index in [0.29, 0.717) is 18.6 Å². The second-order valence-electron chi connectivity index (χ2n) is 5.63. The summed E-state index contributed by atoms with van der Waals surface area (Å²) in [6.45, 7) is 7.90. The number of nitrogens with zero attached hydrogens (tertiary/aromatic N) is 1. The van der Waals surface area contributed by atoms with Crippen molar-refractivity contribution in [1.29, 1.82) is 0 Å². The summed E-state index contributed by atoms with van der Waals surface area (Å²) in [5.41, 5.74) is 2.05. The van der Waals surface area contributed by atoms with Crippen molar-refractivity contribution in [3.63, 3.8) is 0 Å². The van der Waals surface area contributed by atoms with E-state index in [-0.39, 0.29) is 5.91 Å². The average molecular weight is 275 g/mol. The topological polar surface area (TPSA) is 44.4 Å². The Morgan fingerprint density at radius 1 is 1.30 bits per heavy atom. The summed E-state index contributed by atoms with van der Waals surface area (Å²) < 4.78 is 0. The van der Waals surface area contributed by atoms with Gasteiger partial charge in [-0.15, -0.1) is 0 Å². The third-order valence-electron chi connectivity index (χ3n) is 3.58. The number of amides is 1. The van der Waals surface area contributed by atoms with Gasteiger partial charge < -0.3 is 15.5 Å². The molecule has 1 fully saturated rings. The zero-order valence-corrected chi connectivity index (χ0v) is 12.6. The molecule has 0 spiro atoms. The smallest absolute Gasteiger partial charge is 0.238 e. The summed E-state index contributed by atoms with van der Waals surface area (Å²) in [5, 5.41) is 6.13. The van der Waals surface area contributed by atoms with Gasteiger partial charge in [-0.2, -0.15) is 0 Å². The molecule has 1 aromatic rings. The van der Waals surface area contributed by atoms with Crippen LogP contribution in [0, 0.1) is 0 Å². The lowest BCUT2D eigenvalue weighted by Crippen LogP contribution is -2.30. The van der Waals surface area contributed by atoms with Crippen LogP contribution in [0.2, 0.25) is 0 Å². The van der Waals surface area contributed by atoms with E-state index in [1.807, 2.05) is 12.1 Å². The predicted octanol–water partition coefficient (Wildman–Crippen LogP) is 2.61. The molecule has 0 atom stereocenters. The zero-order chi connectivity index (χ0) is 14.5. The fourth-order valence-electron chi connectivity index (χ4n) is 2.31. The molecule has 0 heterocycles. The van der Waals surface area contributed by atoms with Gasteiger partial charge in [-0.05, 0) is 57.9 Å². The molecule has 1 aliphatic rings. The summed E-state index contributed by atoms with van der Waals surface area (Å²) in [7, 11) is 0. The van der Waals surface area contributed by atoms with Crippen LogP contribution in [0.3, 0.4) is 0 Å². The molecule has 1 amide bonds. The maximum absolute atomic E-state index is 11.7. The SMILES string of the molecule is CCN(c1ccc(NC(=O)CNC2CC2)cc1)C(C)C. The summed E-state index contributed by atoms with van der Waals surface area (Å²) in [6, 6.07) is 9.10. The lowest BCUT2D eigenvalue weighted by Gasteiger charge is -2.27. The first-order valence-corrected chi connectivity index (χ1v) is 7.50. The Balaban J connectivity index is 1.88. The highest BCUT2D eigenvalue weighted by atomic mass is 16.1. The lowest BCUT2D eigenvalue weighted by atomic mass is 10.2. The standard InChI is InChI=1S/C16H25N3O/c1-4-19(12(2)3)15-9-7-14(8-10-15)18-16(20)11-17-13-5-6-13/h7-10,12-13,17H,4-6,11H2,1-3H3,(H,18,20). The monoisotopic (exact) mass is 275 g/mol. The quantitative estimate of drug-likeness (QED) is 0.804. The number of carbonyl (C=O) groups is 1. The molecule has 1 aliphatic carbocycles. The summed E-state index contributed by atoms with van der Waals surface area (Å²) in [4.78, 5) is 14.1. The first-order valence-electron chi connectivity index (χ1n) is 7.50. The van der Waals surface area contributed by atoms with Gasteiger partial charge in [0.05, 0.1) is 6.54 Å². The maximum Gasteiger partial charge on any atom is 0.238 e. The fourth-order valence-corrected chi connectivity index (χ4v) is 2.31. The number of nitrogens with one attached hydrogen (secondary N) is 2. The molecular weight excluding hydrogens is 250 g/mol. The van der Waals surface area contributed by atoms with Crippen molar-refractivity contribution in [2.45, 2.75) is 45.7 Å². The maximum atomic E-state index is 11.7. The Kier molecular flexibility index (Phi) is 5.01. The van der Waals surface area contributed by atoms with Gasteiger partial charge in [0, 0.05) is 30.0 Å². The molecule has 0 radical (unpaired) electrons. The molecule has 2 rings (SSSR count). The van der Waals surface area contributed by atoms with Crippen molar-refractivity contribution in [1.82, 2.24) is 5.32 Å². The number of hydrogen-bond donors (Lipinski definition) is 2. The van der Waals surface area contributed by atoms with Crippen LogP contribution in [0.5, 0.6) is 0 Å². The summed E-state index contributed by atoms with van der Waals surface area (Å²) in [6.07, 6.45) is 2.40. The van der Waals surface area contributed by atoms with Crippen LogP contribution in [-0.2, 0) is 4.79 Å². The van der Waals surface area contributed by atoms with E-state index in [2.05, 4.69) is 48.4 Å². The lowest BCUT2D eigenvalue weighted by molar-refractivity contribution is -0.115. The molecule has 110 valence electrons. The van der Waals surface area contributed by atoms with Crippen LogP contribution >= 0.6 is 0 Å². The van der Waals surface area contributed by atoms with E-state index in [1.165, 1.54) is 18.5 Å². The van der Waals surface area contributed by atoms with E-state index < -0.39 is 0 Å². The molecule has 0 unspecified atom stereocenters.